The van der Waals surface area contributed by atoms with E-state index in [0.717, 1.165) is 18.5 Å². The predicted octanol–water partition coefficient (Wildman–Crippen LogP) is 0.868. The lowest BCUT2D eigenvalue weighted by Crippen LogP contribution is -2.27. The van der Waals surface area contributed by atoms with Crippen molar-refractivity contribution in [3.05, 3.63) is 46.4 Å². The van der Waals surface area contributed by atoms with Gasteiger partial charge in [0.1, 0.15) is 5.52 Å². The number of amides is 1. The SMILES string of the molecule is CN(C)CCCNC(=O)c1ccc2c(c1)n(C)c(=O)c1ccnn12. The molecule has 1 N–H and O–H groups in total. The second-order valence-electron chi connectivity index (χ2n) is 6.11. The number of carbonyl (C=O) groups excluding carboxylic acids is 1. The molecule has 3 rings (SSSR count). The molecule has 0 aliphatic carbocycles. The molecule has 0 fully saturated rings. The number of aryl methyl sites for hydroxylation is 1. The first kappa shape index (κ1) is 16.2. The van der Waals surface area contributed by atoms with E-state index in [1.807, 2.05) is 20.2 Å². The third-order valence-corrected chi connectivity index (χ3v) is 4.06. The van der Waals surface area contributed by atoms with Gasteiger partial charge in [0.2, 0.25) is 0 Å². The molecule has 2 heterocycles. The summed E-state index contributed by atoms with van der Waals surface area (Å²) in [7, 11) is 5.71. The van der Waals surface area contributed by atoms with E-state index >= 15 is 0 Å². The van der Waals surface area contributed by atoms with Crippen LogP contribution in [0.2, 0.25) is 0 Å². The van der Waals surface area contributed by atoms with Crippen molar-refractivity contribution < 1.29 is 4.79 Å². The highest BCUT2D eigenvalue weighted by atomic mass is 16.1. The summed E-state index contributed by atoms with van der Waals surface area (Å²) in [6.07, 6.45) is 2.49. The molecular formula is C17H21N5O2. The van der Waals surface area contributed by atoms with Crippen LogP contribution in [0, 0.1) is 0 Å². The van der Waals surface area contributed by atoms with Gasteiger partial charge in [0.25, 0.3) is 11.5 Å². The summed E-state index contributed by atoms with van der Waals surface area (Å²) in [6.45, 7) is 1.54. The van der Waals surface area contributed by atoms with Crippen LogP contribution in [-0.4, -0.2) is 52.2 Å². The standard InChI is InChI=1S/C17H21N5O2/c1-20(2)10-4-8-18-16(23)12-5-6-13-15(11-12)21(3)17(24)14-7-9-19-22(13)14/h5-7,9,11H,4,8,10H2,1-3H3,(H,18,23). The van der Waals surface area contributed by atoms with Crippen LogP contribution in [-0.2, 0) is 7.05 Å². The van der Waals surface area contributed by atoms with Gasteiger partial charge in [0, 0.05) is 19.2 Å². The van der Waals surface area contributed by atoms with Crippen LogP contribution in [0.25, 0.3) is 16.6 Å². The Morgan fingerprint density at radius 3 is 2.75 bits per heavy atom. The molecular weight excluding hydrogens is 306 g/mol. The molecule has 7 heteroatoms. The zero-order valence-corrected chi connectivity index (χ0v) is 14.1. The molecule has 126 valence electrons. The Morgan fingerprint density at radius 2 is 2.00 bits per heavy atom. The summed E-state index contributed by atoms with van der Waals surface area (Å²) in [4.78, 5) is 26.7. The van der Waals surface area contributed by atoms with Crippen molar-refractivity contribution in [1.29, 1.82) is 0 Å². The van der Waals surface area contributed by atoms with Gasteiger partial charge in [-0.15, -0.1) is 0 Å². The number of rotatable bonds is 5. The van der Waals surface area contributed by atoms with E-state index < -0.39 is 0 Å². The maximum absolute atomic E-state index is 12.4. The fourth-order valence-electron chi connectivity index (χ4n) is 2.75. The first-order chi connectivity index (χ1) is 11.5. The molecule has 2 aromatic heterocycles. The zero-order valence-electron chi connectivity index (χ0n) is 14.1. The van der Waals surface area contributed by atoms with Gasteiger partial charge >= 0.3 is 0 Å². The van der Waals surface area contributed by atoms with Gasteiger partial charge in [-0.25, -0.2) is 4.52 Å². The van der Waals surface area contributed by atoms with E-state index in [-0.39, 0.29) is 11.5 Å². The number of hydrogen-bond acceptors (Lipinski definition) is 4. The van der Waals surface area contributed by atoms with Gasteiger partial charge < -0.3 is 14.8 Å². The second-order valence-corrected chi connectivity index (χ2v) is 6.11. The number of fused-ring (bicyclic) bond motifs is 3. The van der Waals surface area contributed by atoms with E-state index in [1.165, 1.54) is 0 Å². The van der Waals surface area contributed by atoms with E-state index in [0.29, 0.717) is 23.1 Å². The Morgan fingerprint density at radius 1 is 1.21 bits per heavy atom. The van der Waals surface area contributed by atoms with Crippen LogP contribution in [0.15, 0.2) is 35.3 Å². The van der Waals surface area contributed by atoms with Crippen LogP contribution < -0.4 is 10.9 Å². The molecule has 7 nitrogen and oxygen atoms in total. The molecule has 0 atom stereocenters. The fourth-order valence-corrected chi connectivity index (χ4v) is 2.75. The van der Waals surface area contributed by atoms with Crippen LogP contribution in [0.1, 0.15) is 16.8 Å². The lowest BCUT2D eigenvalue weighted by molar-refractivity contribution is 0.0952. The predicted molar refractivity (Wildman–Crippen MR) is 93.4 cm³/mol. The molecule has 0 aliphatic rings. The zero-order chi connectivity index (χ0) is 17.3. The Labute approximate surface area is 139 Å². The number of carbonyl (C=O) groups is 1. The Balaban J connectivity index is 1.91. The number of hydrogen-bond donors (Lipinski definition) is 1. The van der Waals surface area contributed by atoms with Crippen molar-refractivity contribution in [3.63, 3.8) is 0 Å². The monoisotopic (exact) mass is 327 g/mol. The van der Waals surface area contributed by atoms with Crippen molar-refractivity contribution in [3.8, 4) is 0 Å². The van der Waals surface area contributed by atoms with Gasteiger partial charge in [-0.2, -0.15) is 5.10 Å². The molecule has 0 spiro atoms. The minimum atomic E-state index is -0.136. The van der Waals surface area contributed by atoms with E-state index in [9.17, 15) is 9.59 Å². The summed E-state index contributed by atoms with van der Waals surface area (Å²) in [5.74, 6) is -0.135. The highest BCUT2D eigenvalue weighted by Gasteiger charge is 2.12. The average molecular weight is 327 g/mol. The highest BCUT2D eigenvalue weighted by Crippen LogP contribution is 2.15. The molecule has 0 saturated carbocycles. The molecule has 24 heavy (non-hydrogen) atoms. The number of benzene rings is 1. The van der Waals surface area contributed by atoms with Crippen molar-refractivity contribution in [2.24, 2.45) is 7.05 Å². The van der Waals surface area contributed by atoms with Gasteiger partial charge in [-0.3, -0.25) is 9.59 Å². The Bertz CT molecular complexity index is 955. The highest BCUT2D eigenvalue weighted by molar-refractivity contribution is 5.97. The van der Waals surface area contributed by atoms with Gasteiger partial charge in [-0.05, 0) is 51.3 Å². The maximum Gasteiger partial charge on any atom is 0.276 e. The molecule has 0 radical (unpaired) electrons. The number of nitrogens with one attached hydrogen (secondary N) is 1. The van der Waals surface area contributed by atoms with Crippen LogP contribution in [0.3, 0.4) is 0 Å². The largest absolute Gasteiger partial charge is 0.352 e. The first-order valence-corrected chi connectivity index (χ1v) is 7.88. The van der Waals surface area contributed by atoms with Crippen LogP contribution in [0.4, 0.5) is 0 Å². The van der Waals surface area contributed by atoms with Crippen molar-refractivity contribution in [2.75, 3.05) is 27.2 Å². The van der Waals surface area contributed by atoms with Gasteiger partial charge in [0.05, 0.1) is 17.2 Å². The minimum Gasteiger partial charge on any atom is -0.352 e. The molecule has 0 aliphatic heterocycles. The third-order valence-electron chi connectivity index (χ3n) is 4.06. The molecule has 0 saturated heterocycles. The lowest BCUT2D eigenvalue weighted by Gasteiger charge is -2.11. The van der Waals surface area contributed by atoms with E-state index in [1.54, 1.807) is 40.5 Å². The number of nitrogens with zero attached hydrogens (tertiary/aromatic N) is 4. The summed E-state index contributed by atoms with van der Waals surface area (Å²) in [6, 6.07) is 7.00. The second kappa shape index (κ2) is 6.45. The summed E-state index contributed by atoms with van der Waals surface area (Å²) in [5, 5.41) is 7.11. The average Bonchev–Trinajstić information content (AvgIpc) is 3.05. The Hall–Kier alpha value is -2.67. The maximum atomic E-state index is 12.4. The minimum absolute atomic E-state index is 0.135. The molecule has 0 unspecified atom stereocenters. The summed E-state index contributed by atoms with van der Waals surface area (Å²) >= 11 is 0. The summed E-state index contributed by atoms with van der Waals surface area (Å²) < 4.78 is 3.16. The lowest BCUT2D eigenvalue weighted by atomic mass is 10.1. The quantitative estimate of drug-likeness (QED) is 0.706. The summed E-state index contributed by atoms with van der Waals surface area (Å²) in [5.41, 5.74) is 2.39. The fraction of sp³-hybridized carbons (Fsp3) is 0.353. The van der Waals surface area contributed by atoms with Crippen molar-refractivity contribution >= 4 is 22.5 Å². The molecule has 1 aromatic carbocycles. The van der Waals surface area contributed by atoms with Gasteiger partial charge in [0.15, 0.2) is 0 Å². The third kappa shape index (κ3) is 2.90. The smallest absolute Gasteiger partial charge is 0.276 e. The Kier molecular flexibility index (Phi) is 4.35. The normalized spacial score (nSPS) is 11.5. The van der Waals surface area contributed by atoms with E-state index in [2.05, 4.69) is 15.3 Å². The molecule has 1 amide bonds. The van der Waals surface area contributed by atoms with Crippen LogP contribution >= 0.6 is 0 Å². The van der Waals surface area contributed by atoms with Crippen molar-refractivity contribution in [2.45, 2.75) is 6.42 Å². The van der Waals surface area contributed by atoms with Gasteiger partial charge in [-0.1, -0.05) is 0 Å². The molecule has 0 bridgehead atoms. The van der Waals surface area contributed by atoms with Crippen molar-refractivity contribution in [1.82, 2.24) is 24.4 Å². The number of aromatic nitrogens is 3. The first-order valence-electron chi connectivity index (χ1n) is 7.88. The topological polar surface area (TPSA) is 71.6 Å². The molecule has 3 aromatic rings. The van der Waals surface area contributed by atoms with Crippen LogP contribution in [0.5, 0.6) is 0 Å². The van der Waals surface area contributed by atoms with E-state index in [4.69, 9.17) is 0 Å².